The zero-order valence-electron chi connectivity index (χ0n) is 8.52. The topological polar surface area (TPSA) is 26.3 Å². The first-order valence-corrected chi connectivity index (χ1v) is 6.21. The van der Waals surface area contributed by atoms with Gasteiger partial charge < -0.3 is 4.74 Å². The molecule has 2 nitrogen and oxygen atoms in total. The molecule has 1 aromatic carbocycles. The van der Waals surface area contributed by atoms with Crippen molar-refractivity contribution >= 4 is 34.6 Å². The second-order valence-corrected chi connectivity index (χ2v) is 3.95. The van der Waals surface area contributed by atoms with E-state index in [-0.39, 0.29) is 12.1 Å². The van der Waals surface area contributed by atoms with Gasteiger partial charge in [0, 0.05) is 11.4 Å². The van der Waals surface area contributed by atoms with Crippen molar-refractivity contribution in [1.82, 2.24) is 0 Å². The van der Waals surface area contributed by atoms with Crippen LogP contribution < -0.4 is 0 Å². The van der Waals surface area contributed by atoms with E-state index in [0.717, 1.165) is 9.99 Å². The third-order valence-corrected chi connectivity index (χ3v) is 2.64. The van der Waals surface area contributed by atoms with Crippen LogP contribution in [0.15, 0.2) is 36.4 Å². The third-order valence-electron chi connectivity index (χ3n) is 1.77. The number of halogens is 1. The molecule has 0 spiro atoms. The average Bonchev–Trinajstić information content (AvgIpc) is 2.25. The normalized spacial score (nSPS) is 12.7. The summed E-state index contributed by atoms with van der Waals surface area (Å²) < 4.78 is 5.85. The molecule has 1 rings (SSSR count). The Morgan fingerprint density at radius 2 is 2.13 bits per heavy atom. The minimum Gasteiger partial charge on any atom is -0.457 e. The predicted molar refractivity (Wildman–Crippen MR) is 69.9 cm³/mol. The van der Waals surface area contributed by atoms with Crippen molar-refractivity contribution in [1.29, 1.82) is 0 Å². The zero-order valence-corrected chi connectivity index (χ0v) is 10.7. The average molecular weight is 316 g/mol. The Bertz CT molecular complexity index is 333. The van der Waals surface area contributed by atoms with E-state index in [1.54, 1.807) is 0 Å². The first kappa shape index (κ1) is 12.2. The van der Waals surface area contributed by atoms with Crippen molar-refractivity contribution < 1.29 is 9.53 Å². The quantitative estimate of drug-likeness (QED) is 0.485. The van der Waals surface area contributed by atoms with E-state index < -0.39 is 0 Å². The minimum absolute atomic E-state index is 0.136. The lowest BCUT2D eigenvalue weighted by atomic mass is 10.2. The molecule has 0 fully saturated rings. The Labute approximate surface area is 103 Å². The van der Waals surface area contributed by atoms with E-state index in [2.05, 4.69) is 22.6 Å². The number of carbonyl (C=O) groups excluding carboxylic acids is 1. The summed E-state index contributed by atoms with van der Waals surface area (Å²) in [6.07, 6.45) is 3.73. The van der Waals surface area contributed by atoms with Gasteiger partial charge in [-0.05, 0) is 11.6 Å². The van der Waals surface area contributed by atoms with Gasteiger partial charge in [0.25, 0.3) is 0 Å². The standard InChI is InChI=1S/C12H13IO2/c1-10(14)15-12(9-13)8-7-11-5-3-2-4-6-11/h2-8,12H,9H2,1H3/b8-7+. The van der Waals surface area contributed by atoms with E-state index >= 15 is 0 Å². The van der Waals surface area contributed by atoms with Crippen LogP contribution in [0.1, 0.15) is 12.5 Å². The molecule has 0 N–H and O–H groups in total. The molecule has 0 aromatic heterocycles. The van der Waals surface area contributed by atoms with Crippen LogP contribution in [0.2, 0.25) is 0 Å². The van der Waals surface area contributed by atoms with Crippen molar-refractivity contribution in [3.63, 3.8) is 0 Å². The molecule has 0 aliphatic heterocycles. The maximum atomic E-state index is 10.8. The molecular formula is C12H13IO2. The van der Waals surface area contributed by atoms with E-state index in [0.29, 0.717) is 0 Å². The second kappa shape index (κ2) is 6.61. The first-order chi connectivity index (χ1) is 7.22. The molecule has 0 heterocycles. The highest BCUT2D eigenvalue weighted by Gasteiger charge is 2.04. The van der Waals surface area contributed by atoms with Crippen LogP contribution >= 0.6 is 22.6 Å². The molecule has 1 unspecified atom stereocenters. The summed E-state index contributed by atoms with van der Waals surface area (Å²) in [7, 11) is 0. The van der Waals surface area contributed by atoms with Crippen LogP contribution in [0.3, 0.4) is 0 Å². The number of carbonyl (C=O) groups is 1. The third kappa shape index (κ3) is 4.97. The van der Waals surface area contributed by atoms with Crippen LogP contribution in [0, 0.1) is 0 Å². The number of rotatable bonds is 4. The molecule has 15 heavy (non-hydrogen) atoms. The lowest BCUT2D eigenvalue weighted by Crippen LogP contribution is -2.14. The molecule has 0 bridgehead atoms. The fraction of sp³-hybridized carbons (Fsp3) is 0.250. The Balaban J connectivity index is 2.58. The molecule has 0 radical (unpaired) electrons. The molecule has 0 aliphatic rings. The van der Waals surface area contributed by atoms with Gasteiger partial charge in [0.2, 0.25) is 0 Å². The van der Waals surface area contributed by atoms with Gasteiger partial charge in [0.05, 0.1) is 0 Å². The van der Waals surface area contributed by atoms with E-state index in [4.69, 9.17) is 4.74 Å². The Kier molecular flexibility index (Phi) is 5.39. The summed E-state index contributed by atoms with van der Waals surface area (Å²) in [5, 5.41) is 0. The fourth-order valence-electron chi connectivity index (χ4n) is 1.12. The van der Waals surface area contributed by atoms with Gasteiger partial charge in [-0.3, -0.25) is 4.79 Å². The Morgan fingerprint density at radius 3 is 2.67 bits per heavy atom. The molecule has 0 aliphatic carbocycles. The van der Waals surface area contributed by atoms with Crippen molar-refractivity contribution in [2.24, 2.45) is 0 Å². The molecule has 0 amide bonds. The van der Waals surface area contributed by atoms with Crippen LogP contribution in [-0.4, -0.2) is 16.5 Å². The smallest absolute Gasteiger partial charge is 0.303 e. The van der Waals surface area contributed by atoms with Gasteiger partial charge in [-0.15, -0.1) is 0 Å². The van der Waals surface area contributed by atoms with Gasteiger partial charge in [0.1, 0.15) is 6.10 Å². The second-order valence-electron chi connectivity index (χ2n) is 3.07. The molecule has 3 heteroatoms. The van der Waals surface area contributed by atoms with E-state index in [9.17, 15) is 4.79 Å². The summed E-state index contributed by atoms with van der Waals surface area (Å²) in [6.45, 7) is 1.43. The predicted octanol–water partition coefficient (Wildman–Crippen LogP) is 3.07. The van der Waals surface area contributed by atoms with Gasteiger partial charge >= 0.3 is 5.97 Å². The lowest BCUT2D eigenvalue weighted by Gasteiger charge is -2.08. The maximum Gasteiger partial charge on any atom is 0.303 e. The Morgan fingerprint density at radius 1 is 1.47 bits per heavy atom. The minimum atomic E-state index is -0.241. The highest BCUT2D eigenvalue weighted by Crippen LogP contribution is 2.06. The zero-order chi connectivity index (χ0) is 11.1. The molecular weight excluding hydrogens is 303 g/mol. The van der Waals surface area contributed by atoms with Gasteiger partial charge in [-0.2, -0.15) is 0 Å². The molecule has 0 saturated heterocycles. The number of ether oxygens (including phenoxy) is 1. The van der Waals surface area contributed by atoms with Gasteiger partial charge in [-0.1, -0.05) is 59.0 Å². The highest BCUT2D eigenvalue weighted by molar-refractivity contribution is 14.1. The lowest BCUT2D eigenvalue weighted by molar-refractivity contribution is -0.143. The molecule has 1 atom stereocenters. The van der Waals surface area contributed by atoms with Crippen LogP contribution in [0.25, 0.3) is 6.08 Å². The highest BCUT2D eigenvalue weighted by atomic mass is 127. The van der Waals surface area contributed by atoms with Gasteiger partial charge in [-0.25, -0.2) is 0 Å². The number of hydrogen-bond acceptors (Lipinski definition) is 2. The Hall–Kier alpha value is -0.840. The first-order valence-electron chi connectivity index (χ1n) is 4.69. The summed E-state index contributed by atoms with van der Waals surface area (Å²) in [5.74, 6) is -0.241. The summed E-state index contributed by atoms with van der Waals surface area (Å²) in [4.78, 5) is 10.8. The molecule has 1 aromatic rings. The largest absolute Gasteiger partial charge is 0.457 e. The number of benzene rings is 1. The van der Waals surface area contributed by atoms with Crippen LogP contribution in [0.4, 0.5) is 0 Å². The molecule has 80 valence electrons. The van der Waals surface area contributed by atoms with Crippen molar-refractivity contribution in [3.8, 4) is 0 Å². The van der Waals surface area contributed by atoms with Crippen molar-refractivity contribution in [2.45, 2.75) is 13.0 Å². The van der Waals surface area contributed by atoms with Gasteiger partial charge in [0.15, 0.2) is 0 Å². The SMILES string of the molecule is CC(=O)OC(/C=C/c1ccccc1)CI. The maximum absolute atomic E-state index is 10.8. The number of hydrogen-bond donors (Lipinski definition) is 0. The fourth-order valence-corrected chi connectivity index (χ4v) is 1.59. The molecule has 0 saturated carbocycles. The summed E-state index contributed by atoms with van der Waals surface area (Å²) >= 11 is 2.20. The van der Waals surface area contributed by atoms with Crippen molar-refractivity contribution in [3.05, 3.63) is 42.0 Å². The van der Waals surface area contributed by atoms with Crippen molar-refractivity contribution in [2.75, 3.05) is 4.43 Å². The van der Waals surface area contributed by atoms with E-state index in [1.165, 1.54) is 6.92 Å². The summed E-state index contributed by atoms with van der Waals surface area (Å²) in [5.41, 5.74) is 1.11. The van der Waals surface area contributed by atoms with E-state index in [1.807, 2.05) is 42.5 Å². The van der Waals surface area contributed by atoms with Crippen LogP contribution in [0.5, 0.6) is 0 Å². The summed E-state index contributed by atoms with van der Waals surface area (Å²) in [6, 6.07) is 9.94. The van der Waals surface area contributed by atoms with Crippen LogP contribution in [-0.2, 0) is 9.53 Å². The monoisotopic (exact) mass is 316 g/mol. The number of alkyl halides is 1. The number of esters is 1.